The van der Waals surface area contributed by atoms with Crippen molar-refractivity contribution in [3.63, 3.8) is 0 Å². The molecule has 140 valence electrons. The van der Waals surface area contributed by atoms with Gasteiger partial charge in [0.05, 0.1) is 6.04 Å². The van der Waals surface area contributed by atoms with Crippen molar-refractivity contribution >= 4 is 33.2 Å². The van der Waals surface area contributed by atoms with Gasteiger partial charge in [-0.3, -0.25) is 9.69 Å². The van der Waals surface area contributed by atoms with Gasteiger partial charge < -0.3 is 5.32 Å². The third-order valence-electron chi connectivity index (χ3n) is 4.88. The van der Waals surface area contributed by atoms with Crippen LogP contribution in [0.4, 0.5) is 11.4 Å². The lowest BCUT2D eigenvalue weighted by Gasteiger charge is -2.25. The van der Waals surface area contributed by atoms with Gasteiger partial charge in [0.25, 0.3) is 5.91 Å². The molecule has 1 heterocycles. The normalized spacial score (nSPS) is 16.2. The van der Waals surface area contributed by atoms with Crippen LogP contribution in [0.1, 0.15) is 22.7 Å². The van der Waals surface area contributed by atoms with Crippen LogP contribution < -0.4 is 10.2 Å². The molecule has 0 aromatic heterocycles. The van der Waals surface area contributed by atoms with E-state index in [0.29, 0.717) is 5.70 Å². The highest BCUT2D eigenvalue weighted by Gasteiger charge is 2.34. The van der Waals surface area contributed by atoms with E-state index >= 15 is 0 Å². The monoisotopic (exact) mass is 432 g/mol. The molecule has 4 heteroatoms. The summed E-state index contributed by atoms with van der Waals surface area (Å²) >= 11 is 3.55. The Morgan fingerprint density at radius 3 is 2.18 bits per heavy atom. The highest BCUT2D eigenvalue weighted by molar-refractivity contribution is 9.10. The molecule has 1 aliphatic heterocycles. The van der Waals surface area contributed by atoms with Gasteiger partial charge in [-0.15, -0.1) is 0 Å². The number of halogens is 1. The van der Waals surface area contributed by atoms with Crippen LogP contribution in [0.15, 0.2) is 89.0 Å². The number of hydrogen-bond donors (Lipinski definition) is 1. The molecule has 3 aromatic rings. The molecule has 0 spiro atoms. The fourth-order valence-corrected chi connectivity index (χ4v) is 3.78. The molecule has 1 N–H and O–H groups in total. The summed E-state index contributed by atoms with van der Waals surface area (Å²) < 4.78 is 0.995. The predicted molar refractivity (Wildman–Crippen MR) is 118 cm³/mol. The number of carbonyl (C=O) groups is 1. The van der Waals surface area contributed by atoms with Crippen molar-refractivity contribution in [2.75, 3.05) is 10.2 Å². The first-order valence-corrected chi connectivity index (χ1v) is 10.0. The molecule has 0 aliphatic carbocycles. The maximum Gasteiger partial charge on any atom is 0.275 e. The molecule has 28 heavy (non-hydrogen) atoms. The van der Waals surface area contributed by atoms with Crippen LogP contribution in [0, 0.1) is 13.8 Å². The van der Waals surface area contributed by atoms with Crippen molar-refractivity contribution in [1.82, 2.24) is 0 Å². The van der Waals surface area contributed by atoms with Gasteiger partial charge in [0.1, 0.15) is 5.70 Å². The van der Waals surface area contributed by atoms with Crippen molar-refractivity contribution in [1.29, 1.82) is 0 Å². The Kier molecular flexibility index (Phi) is 5.05. The highest BCUT2D eigenvalue weighted by atomic mass is 79.9. The molecule has 0 saturated carbocycles. The summed E-state index contributed by atoms with van der Waals surface area (Å²) in [7, 11) is 0. The summed E-state index contributed by atoms with van der Waals surface area (Å²) in [4.78, 5) is 15.2. The lowest BCUT2D eigenvalue weighted by atomic mass is 10.1. The second-order valence-corrected chi connectivity index (χ2v) is 8.00. The smallest absolute Gasteiger partial charge is 0.275 e. The van der Waals surface area contributed by atoms with E-state index in [9.17, 15) is 4.79 Å². The highest BCUT2D eigenvalue weighted by Crippen LogP contribution is 2.36. The van der Waals surface area contributed by atoms with Crippen LogP contribution in [0.25, 0.3) is 0 Å². The molecule has 3 nitrogen and oxygen atoms in total. The Bertz CT molecular complexity index is 1040. The minimum Gasteiger partial charge on any atom is -0.351 e. The number of benzene rings is 3. The van der Waals surface area contributed by atoms with Crippen molar-refractivity contribution in [3.05, 3.63) is 106 Å². The van der Waals surface area contributed by atoms with Crippen molar-refractivity contribution in [3.8, 4) is 0 Å². The van der Waals surface area contributed by atoms with Crippen LogP contribution in [0.2, 0.25) is 0 Å². The van der Waals surface area contributed by atoms with Crippen LogP contribution >= 0.6 is 15.9 Å². The van der Waals surface area contributed by atoms with Gasteiger partial charge in [-0.25, -0.2) is 0 Å². The van der Waals surface area contributed by atoms with Gasteiger partial charge in [0.15, 0.2) is 0 Å². The summed E-state index contributed by atoms with van der Waals surface area (Å²) in [6, 6.07) is 24.1. The van der Waals surface area contributed by atoms with Crippen LogP contribution in [0.3, 0.4) is 0 Å². The molecular weight excluding hydrogens is 412 g/mol. The number of nitrogens with one attached hydrogen (secondary N) is 1. The summed E-state index contributed by atoms with van der Waals surface area (Å²) in [5, 5.41) is 3.30. The fourth-order valence-electron chi connectivity index (χ4n) is 3.37. The molecule has 0 unspecified atom stereocenters. The van der Waals surface area contributed by atoms with E-state index < -0.39 is 0 Å². The van der Waals surface area contributed by atoms with Gasteiger partial charge in [0.2, 0.25) is 0 Å². The number of nitrogens with zero attached hydrogens (tertiary/aromatic N) is 1. The van der Waals surface area contributed by atoms with Crippen LogP contribution in [0.5, 0.6) is 0 Å². The van der Waals surface area contributed by atoms with Crippen molar-refractivity contribution in [2.45, 2.75) is 19.9 Å². The molecule has 0 fully saturated rings. The Hall–Kier alpha value is -2.85. The zero-order valence-electron chi connectivity index (χ0n) is 15.8. The average Bonchev–Trinajstić information content (AvgIpc) is 3.01. The van der Waals surface area contributed by atoms with E-state index in [2.05, 4.69) is 33.4 Å². The number of carbonyl (C=O) groups excluding carboxylic acids is 1. The Morgan fingerprint density at radius 1 is 0.893 bits per heavy atom. The fraction of sp³-hybridized carbons (Fsp3) is 0.125. The van der Waals surface area contributed by atoms with E-state index in [4.69, 9.17) is 0 Å². The van der Waals surface area contributed by atoms with E-state index in [1.54, 1.807) is 0 Å². The second kappa shape index (κ2) is 7.64. The van der Waals surface area contributed by atoms with Crippen LogP contribution in [-0.4, -0.2) is 5.91 Å². The van der Waals surface area contributed by atoms with Gasteiger partial charge >= 0.3 is 0 Å². The minimum atomic E-state index is -0.166. The van der Waals surface area contributed by atoms with Gasteiger partial charge in [0, 0.05) is 15.8 Å². The largest absolute Gasteiger partial charge is 0.351 e. The number of anilines is 2. The van der Waals surface area contributed by atoms with E-state index in [0.717, 1.165) is 21.4 Å². The molecule has 1 aliphatic rings. The lowest BCUT2D eigenvalue weighted by molar-refractivity contribution is -0.114. The summed E-state index contributed by atoms with van der Waals surface area (Å²) in [6.07, 6.45) is 2.00. The van der Waals surface area contributed by atoms with E-state index in [1.807, 2.05) is 85.5 Å². The Balaban J connectivity index is 1.73. The number of rotatable bonds is 4. The molecule has 0 radical (unpaired) electrons. The summed E-state index contributed by atoms with van der Waals surface area (Å²) in [6.45, 7) is 4.09. The first-order valence-electron chi connectivity index (χ1n) is 9.22. The quantitative estimate of drug-likeness (QED) is 0.535. The van der Waals surface area contributed by atoms with Gasteiger partial charge in [-0.05, 0) is 61.9 Å². The van der Waals surface area contributed by atoms with Crippen LogP contribution in [-0.2, 0) is 4.79 Å². The predicted octanol–water partition coefficient (Wildman–Crippen LogP) is 6.15. The molecule has 1 amide bonds. The standard InChI is InChI=1S/C24H21BrN2O/c1-16-6-10-20(11-7-16)26-22-15-23(18-4-3-5-19(25)14-18)27(24(22)28)21-12-8-17(2)9-13-21/h3-15,23,26H,1-2H3/t23-/m0/s1. The molecular formula is C24H21BrN2O. The first-order chi connectivity index (χ1) is 13.5. The van der Waals surface area contributed by atoms with Crippen molar-refractivity contribution < 1.29 is 4.79 Å². The van der Waals surface area contributed by atoms with Gasteiger partial charge in [-0.1, -0.05) is 63.5 Å². The van der Waals surface area contributed by atoms with E-state index in [1.165, 1.54) is 11.1 Å². The topological polar surface area (TPSA) is 32.3 Å². The zero-order chi connectivity index (χ0) is 19.7. The summed E-state index contributed by atoms with van der Waals surface area (Å²) in [5.74, 6) is -0.0330. The molecule has 0 saturated heterocycles. The SMILES string of the molecule is Cc1ccc(NC2=C[C@@H](c3cccc(Br)c3)N(c3ccc(C)cc3)C2=O)cc1. The third-order valence-corrected chi connectivity index (χ3v) is 5.38. The average molecular weight is 433 g/mol. The molecule has 0 bridgehead atoms. The molecule has 3 aromatic carbocycles. The molecule has 4 rings (SSSR count). The number of amides is 1. The first kappa shape index (κ1) is 18.5. The van der Waals surface area contributed by atoms with Crippen molar-refractivity contribution in [2.24, 2.45) is 0 Å². The Labute approximate surface area is 173 Å². The third kappa shape index (κ3) is 3.73. The maximum absolute atomic E-state index is 13.3. The maximum atomic E-state index is 13.3. The number of aryl methyl sites for hydroxylation is 2. The Morgan fingerprint density at radius 2 is 1.54 bits per heavy atom. The zero-order valence-corrected chi connectivity index (χ0v) is 17.4. The van der Waals surface area contributed by atoms with Gasteiger partial charge in [-0.2, -0.15) is 0 Å². The minimum absolute atomic E-state index is 0.0330. The van der Waals surface area contributed by atoms with E-state index in [-0.39, 0.29) is 11.9 Å². The lowest BCUT2D eigenvalue weighted by Crippen LogP contribution is -2.30. The second-order valence-electron chi connectivity index (χ2n) is 7.08. The summed E-state index contributed by atoms with van der Waals surface area (Å²) in [5.41, 5.74) is 5.80. The number of hydrogen-bond acceptors (Lipinski definition) is 2. The molecule has 1 atom stereocenters.